The summed E-state index contributed by atoms with van der Waals surface area (Å²) in [5.74, 6) is 0.192. The van der Waals surface area contributed by atoms with Gasteiger partial charge >= 0.3 is 0 Å². The number of amides is 1. The third-order valence-corrected chi connectivity index (χ3v) is 4.59. The van der Waals surface area contributed by atoms with Gasteiger partial charge in [-0.2, -0.15) is 5.10 Å². The molecule has 1 amide bonds. The van der Waals surface area contributed by atoms with Crippen molar-refractivity contribution in [3.05, 3.63) is 47.3 Å². The first kappa shape index (κ1) is 18.5. The standard InChI is InChI=1S/C18H24N4O.ClH/c1-13-12-19-9-10-21(13)18(23)11-17-14(2)20-22(15(17)3)16-7-5-4-6-8-16;/h4-8,13,19H,9-12H2,1-3H3;1H/t13-;/m1./s1. The van der Waals surface area contributed by atoms with E-state index in [9.17, 15) is 4.79 Å². The topological polar surface area (TPSA) is 50.2 Å². The number of rotatable bonds is 3. The number of carbonyl (C=O) groups is 1. The Morgan fingerprint density at radius 2 is 2.00 bits per heavy atom. The molecule has 5 nitrogen and oxygen atoms in total. The Labute approximate surface area is 149 Å². The number of nitrogens with one attached hydrogen (secondary N) is 1. The maximum absolute atomic E-state index is 12.7. The molecule has 1 fully saturated rings. The lowest BCUT2D eigenvalue weighted by Crippen LogP contribution is -2.52. The number of hydrogen-bond donors (Lipinski definition) is 1. The van der Waals surface area contributed by atoms with Gasteiger partial charge in [-0.25, -0.2) is 4.68 Å². The first-order valence-corrected chi connectivity index (χ1v) is 8.18. The number of nitrogens with zero attached hydrogens (tertiary/aromatic N) is 3. The van der Waals surface area contributed by atoms with Gasteiger partial charge in [-0.05, 0) is 32.9 Å². The Balaban J connectivity index is 0.00000208. The summed E-state index contributed by atoms with van der Waals surface area (Å²) in [7, 11) is 0. The zero-order valence-electron chi connectivity index (χ0n) is 14.5. The van der Waals surface area contributed by atoms with Crippen LogP contribution in [0, 0.1) is 13.8 Å². The molecular formula is C18H25ClN4O. The van der Waals surface area contributed by atoms with Crippen LogP contribution in [0.2, 0.25) is 0 Å². The fourth-order valence-corrected chi connectivity index (χ4v) is 3.22. The summed E-state index contributed by atoms with van der Waals surface area (Å²) in [6.45, 7) is 8.64. The smallest absolute Gasteiger partial charge is 0.227 e. The third kappa shape index (κ3) is 3.62. The molecule has 1 aromatic carbocycles. The second kappa shape index (κ2) is 7.81. The molecule has 2 aromatic rings. The van der Waals surface area contributed by atoms with Crippen molar-refractivity contribution >= 4 is 18.3 Å². The van der Waals surface area contributed by atoms with E-state index < -0.39 is 0 Å². The number of halogens is 1. The number of carbonyl (C=O) groups excluding carboxylic acids is 1. The first-order valence-electron chi connectivity index (χ1n) is 8.18. The normalized spacial score (nSPS) is 17.5. The number of para-hydroxylation sites is 1. The maximum Gasteiger partial charge on any atom is 0.227 e. The summed E-state index contributed by atoms with van der Waals surface area (Å²) in [6, 6.07) is 10.3. The average molecular weight is 349 g/mol. The highest BCUT2D eigenvalue weighted by Gasteiger charge is 2.25. The monoisotopic (exact) mass is 348 g/mol. The molecule has 0 spiro atoms. The van der Waals surface area contributed by atoms with Crippen LogP contribution in [-0.2, 0) is 11.2 Å². The van der Waals surface area contributed by atoms with E-state index >= 15 is 0 Å². The second-order valence-electron chi connectivity index (χ2n) is 6.21. The van der Waals surface area contributed by atoms with Gasteiger partial charge in [0, 0.05) is 36.9 Å². The van der Waals surface area contributed by atoms with Gasteiger partial charge in [-0.15, -0.1) is 12.4 Å². The Morgan fingerprint density at radius 3 is 2.67 bits per heavy atom. The molecule has 0 radical (unpaired) electrons. The summed E-state index contributed by atoms with van der Waals surface area (Å²) in [5.41, 5.74) is 4.05. The molecule has 2 heterocycles. The van der Waals surface area contributed by atoms with Crippen molar-refractivity contribution in [2.24, 2.45) is 0 Å². The molecule has 0 unspecified atom stereocenters. The van der Waals surface area contributed by atoms with Gasteiger partial charge < -0.3 is 10.2 Å². The highest BCUT2D eigenvalue weighted by molar-refractivity contribution is 5.85. The Morgan fingerprint density at radius 1 is 1.29 bits per heavy atom. The molecule has 0 aliphatic carbocycles. The van der Waals surface area contributed by atoms with Crippen molar-refractivity contribution in [3.8, 4) is 5.69 Å². The van der Waals surface area contributed by atoms with E-state index in [1.165, 1.54) is 0 Å². The van der Waals surface area contributed by atoms with Gasteiger partial charge in [-0.1, -0.05) is 18.2 Å². The van der Waals surface area contributed by atoms with Crippen molar-refractivity contribution in [1.29, 1.82) is 0 Å². The van der Waals surface area contributed by atoms with Gasteiger partial charge in [0.25, 0.3) is 0 Å². The lowest BCUT2D eigenvalue weighted by atomic mass is 10.1. The maximum atomic E-state index is 12.7. The van der Waals surface area contributed by atoms with E-state index in [2.05, 4.69) is 17.3 Å². The fourth-order valence-electron chi connectivity index (χ4n) is 3.22. The molecule has 130 valence electrons. The van der Waals surface area contributed by atoms with Crippen LogP contribution in [0.4, 0.5) is 0 Å². The van der Waals surface area contributed by atoms with Gasteiger partial charge in [0.2, 0.25) is 5.91 Å². The molecule has 0 bridgehead atoms. The van der Waals surface area contributed by atoms with Crippen molar-refractivity contribution in [1.82, 2.24) is 20.0 Å². The Hall–Kier alpha value is -1.85. The van der Waals surface area contributed by atoms with E-state index in [0.29, 0.717) is 6.42 Å². The summed E-state index contributed by atoms with van der Waals surface area (Å²) in [5, 5.41) is 7.95. The van der Waals surface area contributed by atoms with E-state index in [0.717, 1.165) is 42.3 Å². The van der Waals surface area contributed by atoms with Crippen LogP contribution >= 0.6 is 12.4 Å². The van der Waals surface area contributed by atoms with Gasteiger partial charge in [-0.3, -0.25) is 4.79 Å². The van der Waals surface area contributed by atoms with Gasteiger partial charge in [0.1, 0.15) is 0 Å². The molecule has 1 N–H and O–H groups in total. The number of hydrogen-bond acceptors (Lipinski definition) is 3. The van der Waals surface area contributed by atoms with Crippen LogP contribution in [0.3, 0.4) is 0 Å². The first-order chi connectivity index (χ1) is 11.1. The van der Waals surface area contributed by atoms with Crippen LogP contribution in [0.1, 0.15) is 23.9 Å². The van der Waals surface area contributed by atoms with Crippen molar-refractivity contribution in [2.45, 2.75) is 33.2 Å². The van der Waals surface area contributed by atoms with Crippen LogP contribution in [0.15, 0.2) is 30.3 Å². The molecule has 3 rings (SSSR count). The molecule has 1 aromatic heterocycles. The molecule has 0 saturated carbocycles. The summed E-state index contributed by atoms with van der Waals surface area (Å²) in [4.78, 5) is 14.7. The Bertz CT molecular complexity index is 699. The van der Waals surface area contributed by atoms with Gasteiger partial charge in [0.15, 0.2) is 0 Å². The minimum atomic E-state index is 0. The number of aromatic nitrogens is 2. The molecule has 1 aliphatic rings. The van der Waals surface area contributed by atoms with E-state index in [1.54, 1.807) is 0 Å². The van der Waals surface area contributed by atoms with Crippen molar-refractivity contribution < 1.29 is 4.79 Å². The lowest BCUT2D eigenvalue weighted by Gasteiger charge is -2.34. The number of aryl methyl sites for hydroxylation is 1. The summed E-state index contributed by atoms with van der Waals surface area (Å²) < 4.78 is 1.93. The molecule has 6 heteroatoms. The van der Waals surface area contributed by atoms with Crippen LogP contribution in [0.5, 0.6) is 0 Å². The van der Waals surface area contributed by atoms with E-state index in [1.807, 2.05) is 53.8 Å². The molecular weight excluding hydrogens is 324 g/mol. The minimum Gasteiger partial charge on any atom is -0.337 e. The predicted octanol–water partition coefficient (Wildman–Crippen LogP) is 2.27. The molecule has 1 atom stereocenters. The summed E-state index contributed by atoms with van der Waals surface area (Å²) in [6.07, 6.45) is 0.425. The number of piperazine rings is 1. The van der Waals surface area contributed by atoms with Crippen LogP contribution in [0.25, 0.3) is 5.69 Å². The predicted molar refractivity (Wildman–Crippen MR) is 98.0 cm³/mol. The molecule has 24 heavy (non-hydrogen) atoms. The fraction of sp³-hybridized carbons (Fsp3) is 0.444. The third-order valence-electron chi connectivity index (χ3n) is 4.59. The van der Waals surface area contributed by atoms with Gasteiger partial charge in [0.05, 0.1) is 17.8 Å². The van der Waals surface area contributed by atoms with Crippen LogP contribution < -0.4 is 5.32 Å². The quantitative estimate of drug-likeness (QED) is 0.925. The molecule has 1 saturated heterocycles. The van der Waals surface area contributed by atoms with Crippen molar-refractivity contribution in [3.63, 3.8) is 0 Å². The minimum absolute atomic E-state index is 0. The second-order valence-corrected chi connectivity index (χ2v) is 6.21. The Kier molecular flexibility index (Phi) is 6.02. The highest BCUT2D eigenvalue weighted by atomic mass is 35.5. The van der Waals surface area contributed by atoms with Crippen LogP contribution in [-0.4, -0.2) is 46.3 Å². The average Bonchev–Trinajstić information content (AvgIpc) is 2.84. The summed E-state index contributed by atoms with van der Waals surface area (Å²) >= 11 is 0. The van der Waals surface area contributed by atoms with E-state index in [-0.39, 0.29) is 24.4 Å². The molecule has 1 aliphatic heterocycles. The largest absolute Gasteiger partial charge is 0.337 e. The van der Waals surface area contributed by atoms with Crippen molar-refractivity contribution in [2.75, 3.05) is 19.6 Å². The lowest BCUT2D eigenvalue weighted by molar-refractivity contribution is -0.133. The zero-order chi connectivity index (χ0) is 16.4. The van der Waals surface area contributed by atoms with E-state index in [4.69, 9.17) is 0 Å². The zero-order valence-corrected chi connectivity index (χ0v) is 15.3. The SMILES string of the molecule is Cc1nn(-c2ccccc2)c(C)c1CC(=O)N1CCNC[C@H]1C.Cl. The highest BCUT2D eigenvalue weighted by Crippen LogP contribution is 2.19. The number of benzene rings is 1.